The van der Waals surface area contributed by atoms with Crippen LogP contribution in [-0.4, -0.2) is 11.8 Å². The molecule has 0 spiro atoms. The molecule has 0 bridgehead atoms. The molecule has 1 aliphatic rings. The van der Waals surface area contributed by atoms with Gasteiger partial charge in [-0.25, -0.2) is 0 Å². The van der Waals surface area contributed by atoms with Gasteiger partial charge in [0.2, 0.25) is 0 Å². The molecular weight excluding hydrogens is 332 g/mol. The Morgan fingerprint density at radius 2 is 2.15 bits per heavy atom. The van der Waals surface area contributed by atoms with Crippen LogP contribution in [0.1, 0.15) is 11.1 Å². The molecule has 0 saturated heterocycles. The molecule has 1 N–H and O–H groups in total. The summed E-state index contributed by atoms with van der Waals surface area (Å²) < 4.78 is 0.987. The van der Waals surface area contributed by atoms with Gasteiger partial charge in [0.05, 0.1) is 11.3 Å². The molecule has 3 rings (SSSR count). The summed E-state index contributed by atoms with van der Waals surface area (Å²) in [6.07, 6.45) is 1.09. The van der Waals surface area contributed by atoms with E-state index in [1.54, 1.807) is 0 Å². The van der Waals surface area contributed by atoms with Crippen LogP contribution in [0, 0.1) is 11.3 Å². The number of fused-ring (bicyclic) bond motifs is 1. The second-order valence-corrected chi connectivity index (χ2v) is 6.99. The molecule has 2 aromatic carbocycles. The first kappa shape index (κ1) is 13.5. The van der Waals surface area contributed by atoms with E-state index in [9.17, 15) is 0 Å². The minimum absolute atomic E-state index is 0.526. The summed E-state index contributed by atoms with van der Waals surface area (Å²) in [6.45, 7) is 0.866. The van der Waals surface area contributed by atoms with Crippen LogP contribution in [-0.2, 0) is 6.42 Å². The lowest BCUT2D eigenvalue weighted by atomic mass is 10.1. The SMILES string of the molecule is N#Cc1ccc(Br)cc1NCC1Cc2ccccc2S1. The van der Waals surface area contributed by atoms with E-state index < -0.39 is 0 Å². The summed E-state index contributed by atoms with van der Waals surface area (Å²) in [4.78, 5) is 1.38. The van der Waals surface area contributed by atoms with Crippen molar-refractivity contribution < 1.29 is 0 Å². The van der Waals surface area contributed by atoms with Crippen molar-refractivity contribution >= 4 is 33.4 Å². The molecule has 0 saturated carbocycles. The van der Waals surface area contributed by atoms with Crippen LogP contribution in [0.25, 0.3) is 0 Å². The van der Waals surface area contributed by atoms with Gasteiger partial charge in [0, 0.05) is 21.2 Å². The van der Waals surface area contributed by atoms with Crippen molar-refractivity contribution in [3.05, 3.63) is 58.1 Å². The van der Waals surface area contributed by atoms with Gasteiger partial charge < -0.3 is 5.32 Å². The third-order valence-electron chi connectivity index (χ3n) is 3.34. The number of thioether (sulfide) groups is 1. The molecule has 1 aliphatic heterocycles. The normalized spacial score (nSPS) is 16.5. The maximum absolute atomic E-state index is 9.13. The molecule has 20 heavy (non-hydrogen) atoms. The van der Waals surface area contributed by atoms with Gasteiger partial charge in [-0.05, 0) is 36.2 Å². The van der Waals surface area contributed by atoms with E-state index in [-0.39, 0.29) is 0 Å². The predicted octanol–water partition coefficient (Wildman–Crippen LogP) is 4.45. The molecule has 1 unspecified atom stereocenters. The first-order valence-electron chi connectivity index (χ1n) is 6.44. The Balaban J connectivity index is 1.67. The lowest BCUT2D eigenvalue weighted by Gasteiger charge is -2.12. The van der Waals surface area contributed by atoms with Gasteiger partial charge in [0.15, 0.2) is 0 Å². The Labute approximate surface area is 131 Å². The highest BCUT2D eigenvalue weighted by Crippen LogP contribution is 2.36. The number of nitrogens with one attached hydrogen (secondary N) is 1. The lowest BCUT2D eigenvalue weighted by Crippen LogP contribution is -2.16. The van der Waals surface area contributed by atoms with Crippen LogP contribution < -0.4 is 5.32 Å². The van der Waals surface area contributed by atoms with Gasteiger partial charge in [-0.15, -0.1) is 11.8 Å². The summed E-state index contributed by atoms with van der Waals surface area (Å²) in [6, 6.07) is 16.5. The maximum atomic E-state index is 9.13. The van der Waals surface area contributed by atoms with Gasteiger partial charge in [-0.2, -0.15) is 5.26 Å². The Kier molecular flexibility index (Phi) is 4.00. The molecule has 2 aromatic rings. The fraction of sp³-hybridized carbons (Fsp3) is 0.188. The minimum Gasteiger partial charge on any atom is -0.383 e. The predicted molar refractivity (Wildman–Crippen MR) is 87.1 cm³/mol. The number of hydrogen-bond donors (Lipinski definition) is 1. The molecule has 0 fully saturated rings. The summed E-state index contributed by atoms with van der Waals surface area (Å²) in [5, 5.41) is 13.1. The fourth-order valence-electron chi connectivity index (χ4n) is 2.35. The summed E-state index contributed by atoms with van der Waals surface area (Å²) in [7, 11) is 0. The van der Waals surface area contributed by atoms with Crippen molar-refractivity contribution in [3.8, 4) is 6.07 Å². The number of rotatable bonds is 3. The Morgan fingerprint density at radius 1 is 1.30 bits per heavy atom. The Hall–Kier alpha value is -1.44. The van der Waals surface area contributed by atoms with E-state index in [4.69, 9.17) is 5.26 Å². The van der Waals surface area contributed by atoms with Gasteiger partial charge in [-0.1, -0.05) is 34.1 Å². The molecular formula is C16H13BrN2S. The molecule has 0 aromatic heterocycles. The van der Waals surface area contributed by atoms with E-state index in [0.29, 0.717) is 10.8 Å². The third kappa shape index (κ3) is 2.84. The number of nitriles is 1. The lowest BCUT2D eigenvalue weighted by molar-refractivity contribution is 0.899. The Morgan fingerprint density at radius 3 is 2.95 bits per heavy atom. The van der Waals surface area contributed by atoms with E-state index in [2.05, 4.69) is 51.6 Å². The number of hydrogen-bond acceptors (Lipinski definition) is 3. The minimum atomic E-state index is 0.526. The van der Waals surface area contributed by atoms with Gasteiger partial charge in [-0.3, -0.25) is 0 Å². The standard InChI is InChI=1S/C16H13BrN2S/c17-13-6-5-12(9-18)15(8-13)19-10-14-7-11-3-1-2-4-16(11)20-14/h1-6,8,14,19H,7,10H2. The highest BCUT2D eigenvalue weighted by molar-refractivity contribution is 9.10. The molecule has 0 radical (unpaired) electrons. The van der Waals surface area contributed by atoms with E-state index in [1.165, 1.54) is 10.5 Å². The first-order valence-corrected chi connectivity index (χ1v) is 8.11. The van der Waals surface area contributed by atoms with E-state index >= 15 is 0 Å². The fourth-order valence-corrected chi connectivity index (χ4v) is 3.96. The van der Waals surface area contributed by atoms with Crippen LogP contribution in [0.4, 0.5) is 5.69 Å². The average molecular weight is 345 g/mol. The summed E-state index contributed by atoms with van der Waals surface area (Å²) in [5.74, 6) is 0. The molecule has 1 heterocycles. The van der Waals surface area contributed by atoms with Crippen molar-refractivity contribution in [3.63, 3.8) is 0 Å². The molecule has 0 amide bonds. The average Bonchev–Trinajstić information content (AvgIpc) is 2.88. The zero-order valence-electron chi connectivity index (χ0n) is 10.8. The van der Waals surface area contributed by atoms with Crippen molar-refractivity contribution in [2.45, 2.75) is 16.6 Å². The summed E-state index contributed by atoms with van der Waals surface area (Å²) >= 11 is 5.36. The van der Waals surface area contributed by atoms with Crippen molar-refractivity contribution in [2.75, 3.05) is 11.9 Å². The molecule has 0 aliphatic carbocycles. The van der Waals surface area contributed by atoms with Crippen LogP contribution >= 0.6 is 27.7 Å². The highest BCUT2D eigenvalue weighted by Gasteiger charge is 2.21. The number of anilines is 1. The highest BCUT2D eigenvalue weighted by atomic mass is 79.9. The van der Waals surface area contributed by atoms with Gasteiger partial charge in [0.1, 0.15) is 6.07 Å². The smallest absolute Gasteiger partial charge is 0.101 e. The maximum Gasteiger partial charge on any atom is 0.101 e. The topological polar surface area (TPSA) is 35.8 Å². The number of benzene rings is 2. The van der Waals surface area contributed by atoms with E-state index in [1.807, 2.05) is 30.0 Å². The second kappa shape index (κ2) is 5.90. The van der Waals surface area contributed by atoms with E-state index in [0.717, 1.165) is 23.1 Å². The van der Waals surface area contributed by atoms with Crippen LogP contribution in [0.15, 0.2) is 51.8 Å². The summed E-state index contributed by atoms with van der Waals surface area (Å²) in [5.41, 5.74) is 3.02. The van der Waals surface area contributed by atoms with Crippen molar-refractivity contribution in [1.82, 2.24) is 0 Å². The monoisotopic (exact) mass is 344 g/mol. The molecule has 100 valence electrons. The van der Waals surface area contributed by atoms with Crippen LogP contribution in [0.5, 0.6) is 0 Å². The van der Waals surface area contributed by atoms with Crippen molar-refractivity contribution in [2.24, 2.45) is 0 Å². The van der Waals surface area contributed by atoms with Crippen molar-refractivity contribution in [1.29, 1.82) is 5.26 Å². The molecule has 4 heteroatoms. The zero-order chi connectivity index (χ0) is 13.9. The van der Waals surface area contributed by atoms with Crippen LogP contribution in [0.3, 0.4) is 0 Å². The first-order chi connectivity index (χ1) is 9.76. The van der Waals surface area contributed by atoms with Gasteiger partial charge in [0.25, 0.3) is 0 Å². The van der Waals surface area contributed by atoms with Gasteiger partial charge >= 0.3 is 0 Å². The number of nitrogens with zero attached hydrogens (tertiary/aromatic N) is 1. The third-order valence-corrected chi connectivity index (χ3v) is 5.15. The molecule has 2 nitrogen and oxygen atoms in total. The van der Waals surface area contributed by atoms with Crippen LogP contribution in [0.2, 0.25) is 0 Å². The zero-order valence-corrected chi connectivity index (χ0v) is 13.2. The quantitative estimate of drug-likeness (QED) is 0.893. The molecule has 1 atom stereocenters. The second-order valence-electron chi connectivity index (χ2n) is 4.73. The number of halogens is 1. The largest absolute Gasteiger partial charge is 0.383 e. The Bertz CT molecular complexity index is 653.